The number of para-hydroxylation sites is 1. The molecule has 0 spiro atoms. The van der Waals surface area contributed by atoms with E-state index in [-0.39, 0.29) is 11.9 Å². The number of carbonyl (C=O) groups excluding carboxylic acids is 1. The van der Waals surface area contributed by atoms with Crippen LogP contribution < -0.4 is 4.74 Å². The highest BCUT2D eigenvalue weighted by Gasteiger charge is 2.27. The van der Waals surface area contributed by atoms with Crippen molar-refractivity contribution in [2.24, 2.45) is 5.92 Å². The number of hydrogen-bond acceptors (Lipinski definition) is 6. The van der Waals surface area contributed by atoms with Crippen molar-refractivity contribution in [3.05, 3.63) is 42.5 Å². The molecule has 1 atom stereocenters. The van der Waals surface area contributed by atoms with E-state index in [9.17, 15) is 4.79 Å². The standard InChI is InChI=1S/C22H33N5O3/c1-18(27-17-23-16-24-27)22(28)26(12-13-29-2)14-19-8-10-25(11-9-19)15-20-6-4-5-7-21(20)30-3/h4-7,16-19H,8-15H2,1-3H3/t18-/m0/s1. The fraction of sp³-hybridized carbons (Fsp3) is 0.591. The minimum absolute atomic E-state index is 0.0639. The molecule has 1 aromatic carbocycles. The average Bonchev–Trinajstić information content (AvgIpc) is 3.32. The van der Waals surface area contributed by atoms with Gasteiger partial charge in [0, 0.05) is 32.3 Å². The number of aromatic nitrogens is 3. The van der Waals surface area contributed by atoms with E-state index in [1.54, 1.807) is 25.2 Å². The van der Waals surface area contributed by atoms with E-state index in [1.165, 1.54) is 11.9 Å². The molecule has 8 heteroatoms. The van der Waals surface area contributed by atoms with Crippen LogP contribution in [-0.4, -0.2) is 77.5 Å². The number of piperidine rings is 1. The molecule has 0 aliphatic carbocycles. The molecule has 0 bridgehead atoms. The number of nitrogens with zero attached hydrogens (tertiary/aromatic N) is 5. The van der Waals surface area contributed by atoms with Gasteiger partial charge in [-0.05, 0) is 44.8 Å². The zero-order valence-corrected chi connectivity index (χ0v) is 18.2. The second-order valence-corrected chi connectivity index (χ2v) is 7.86. The molecule has 3 rings (SSSR count). The first-order chi connectivity index (χ1) is 14.6. The molecule has 1 aliphatic heterocycles. The fourth-order valence-corrected chi connectivity index (χ4v) is 4.00. The molecular formula is C22H33N5O3. The summed E-state index contributed by atoms with van der Waals surface area (Å²) in [6.45, 7) is 6.68. The predicted octanol–water partition coefficient (Wildman–Crippen LogP) is 2.23. The van der Waals surface area contributed by atoms with Gasteiger partial charge >= 0.3 is 0 Å². The van der Waals surface area contributed by atoms with Crippen LogP contribution in [0.4, 0.5) is 0 Å². The largest absolute Gasteiger partial charge is 0.496 e. The molecule has 0 N–H and O–H groups in total. The molecule has 1 fully saturated rings. The van der Waals surface area contributed by atoms with Crippen LogP contribution in [0, 0.1) is 5.92 Å². The first kappa shape index (κ1) is 22.2. The van der Waals surface area contributed by atoms with Gasteiger partial charge in [0.25, 0.3) is 0 Å². The Bertz CT molecular complexity index is 775. The maximum atomic E-state index is 13.1. The zero-order valence-electron chi connectivity index (χ0n) is 18.2. The molecular weight excluding hydrogens is 382 g/mol. The van der Waals surface area contributed by atoms with Gasteiger partial charge < -0.3 is 14.4 Å². The van der Waals surface area contributed by atoms with Crippen LogP contribution in [-0.2, 0) is 16.1 Å². The van der Waals surface area contributed by atoms with Gasteiger partial charge in [0.15, 0.2) is 0 Å². The van der Waals surface area contributed by atoms with Crippen LogP contribution in [0.2, 0.25) is 0 Å². The molecule has 0 unspecified atom stereocenters. The summed E-state index contributed by atoms with van der Waals surface area (Å²) >= 11 is 0. The van der Waals surface area contributed by atoms with Crippen LogP contribution in [0.25, 0.3) is 0 Å². The Morgan fingerprint density at radius 3 is 2.70 bits per heavy atom. The summed E-state index contributed by atoms with van der Waals surface area (Å²) in [7, 11) is 3.39. The molecule has 0 radical (unpaired) electrons. The van der Waals surface area contributed by atoms with E-state index in [2.05, 4.69) is 27.1 Å². The second-order valence-electron chi connectivity index (χ2n) is 7.86. The third-order valence-electron chi connectivity index (χ3n) is 5.84. The SMILES string of the molecule is COCCN(CC1CCN(Cc2ccccc2OC)CC1)C(=O)[C@H](C)n1cncn1. The zero-order chi connectivity index (χ0) is 21.3. The normalized spacial score (nSPS) is 16.4. The van der Waals surface area contributed by atoms with Gasteiger partial charge in [-0.15, -0.1) is 0 Å². The van der Waals surface area contributed by atoms with Crippen molar-refractivity contribution in [3.63, 3.8) is 0 Å². The summed E-state index contributed by atoms with van der Waals surface area (Å²) in [5.74, 6) is 1.50. The Balaban J connectivity index is 1.54. The van der Waals surface area contributed by atoms with Gasteiger partial charge in [-0.3, -0.25) is 9.69 Å². The lowest BCUT2D eigenvalue weighted by Gasteiger charge is -2.35. The Morgan fingerprint density at radius 1 is 1.27 bits per heavy atom. The summed E-state index contributed by atoms with van der Waals surface area (Å²) in [4.78, 5) is 21.4. The topological polar surface area (TPSA) is 72.7 Å². The molecule has 1 aromatic heterocycles. The van der Waals surface area contributed by atoms with Crippen LogP contribution in [0.1, 0.15) is 31.4 Å². The van der Waals surface area contributed by atoms with E-state index in [1.807, 2.05) is 24.0 Å². The minimum Gasteiger partial charge on any atom is -0.496 e. The third kappa shape index (κ3) is 5.79. The molecule has 2 heterocycles. The maximum absolute atomic E-state index is 13.1. The van der Waals surface area contributed by atoms with Crippen LogP contribution >= 0.6 is 0 Å². The number of methoxy groups -OCH3 is 2. The summed E-state index contributed by atoms with van der Waals surface area (Å²) < 4.78 is 12.3. The smallest absolute Gasteiger partial charge is 0.247 e. The number of likely N-dealkylation sites (tertiary alicyclic amines) is 1. The highest BCUT2D eigenvalue weighted by molar-refractivity contribution is 5.80. The average molecular weight is 416 g/mol. The molecule has 1 saturated heterocycles. The van der Waals surface area contributed by atoms with E-state index >= 15 is 0 Å². The van der Waals surface area contributed by atoms with Gasteiger partial charge in [0.1, 0.15) is 24.4 Å². The first-order valence-electron chi connectivity index (χ1n) is 10.6. The number of hydrogen-bond donors (Lipinski definition) is 0. The number of carbonyl (C=O) groups is 1. The van der Waals surface area contributed by atoms with Crippen LogP contribution in [0.3, 0.4) is 0 Å². The van der Waals surface area contributed by atoms with Crippen molar-refractivity contribution in [3.8, 4) is 5.75 Å². The van der Waals surface area contributed by atoms with Crippen molar-refractivity contribution in [2.75, 3.05) is 47.0 Å². The highest BCUT2D eigenvalue weighted by Crippen LogP contribution is 2.24. The molecule has 2 aromatic rings. The molecule has 164 valence electrons. The molecule has 0 saturated carbocycles. The van der Waals surface area contributed by atoms with E-state index in [4.69, 9.17) is 9.47 Å². The summed E-state index contributed by atoms with van der Waals surface area (Å²) in [6.07, 6.45) is 5.20. The maximum Gasteiger partial charge on any atom is 0.247 e. The Kier molecular flexibility index (Phi) is 8.21. The minimum atomic E-state index is -0.366. The highest BCUT2D eigenvalue weighted by atomic mass is 16.5. The third-order valence-corrected chi connectivity index (χ3v) is 5.84. The van der Waals surface area contributed by atoms with E-state index in [0.717, 1.165) is 44.8 Å². The molecule has 1 amide bonds. The number of amides is 1. The molecule has 8 nitrogen and oxygen atoms in total. The monoisotopic (exact) mass is 415 g/mol. The Hall–Kier alpha value is -2.45. The van der Waals surface area contributed by atoms with Gasteiger partial charge in [0.05, 0.1) is 13.7 Å². The van der Waals surface area contributed by atoms with Crippen molar-refractivity contribution in [1.29, 1.82) is 0 Å². The van der Waals surface area contributed by atoms with Crippen molar-refractivity contribution >= 4 is 5.91 Å². The Morgan fingerprint density at radius 2 is 2.03 bits per heavy atom. The molecule has 1 aliphatic rings. The van der Waals surface area contributed by atoms with Crippen molar-refractivity contribution < 1.29 is 14.3 Å². The lowest BCUT2D eigenvalue weighted by atomic mass is 9.95. The lowest BCUT2D eigenvalue weighted by molar-refractivity contribution is -0.136. The first-order valence-corrected chi connectivity index (χ1v) is 10.6. The van der Waals surface area contributed by atoms with Gasteiger partial charge in [0.2, 0.25) is 5.91 Å². The van der Waals surface area contributed by atoms with Crippen molar-refractivity contribution in [2.45, 2.75) is 32.4 Å². The van der Waals surface area contributed by atoms with E-state index < -0.39 is 0 Å². The predicted molar refractivity (Wildman–Crippen MR) is 114 cm³/mol. The fourth-order valence-electron chi connectivity index (χ4n) is 4.00. The molecule has 30 heavy (non-hydrogen) atoms. The van der Waals surface area contributed by atoms with Crippen molar-refractivity contribution in [1.82, 2.24) is 24.6 Å². The van der Waals surface area contributed by atoms with Gasteiger partial charge in [-0.1, -0.05) is 18.2 Å². The number of rotatable bonds is 10. The summed E-state index contributed by atoms with van der Waals surface area (Å²) in [5, 5.41) is 4.12. The number of ether oxygens (including phenoxy) is 2. The van der Waals surface area contributed by atoms with Crippen LogP contribution in [0.15, 0.2) is 36.9 Å². The number of benzene rings is 1. The van der Waals surface area contributed by atoms with Gasteiger partial charge in [-0.25, -0.2) is 9.67 Å². The van der Waals surface area contributed by atoms with Crippen LogP contribution in [0.5, 0.6) is 5.75 Å². The Labute approximate surface area is 178 Å². The summed E-state index contributed by atoms with van der Waals surface area (Å²) in [5.41, 5.74) is 1.22. The quantitative estimate of drug-likeness (QED) is 0.593. The van der Waals surface area contributed by atoms with E-state index in [0.29, 0.717) is 19.1 Å². The summed E-state index contributed by atoms with van der Waals surface area (Å²) in [6, 6.07) is 7.83. The lowest BCUT2D eigenvalue weighted by Crippen LogP contribution is -2.44. The second kappa shape index (κ2) is 11.1. The van der Waals surface area contributed by atoms with Gasteiger partial charge in [-0.2, -0.15) is 5.10 Å².